The molecule has 0 radical (unpaired) electrons. The number of nitrogens with one attached hydrogen (secondary N) is 2. The lowest BCUT2D eigenvalue weighted by molar-refractivity contribution is 0.190. The monoisotopic (exact) mass is 419 g/mol. The number of likely N-dealkylation sites (N-methyl/N-ethyl adjacent to an activating group) is 2. The van der Waals surface area contributed by atoms with Gasteiger partial charge in [0.25, 0.3) is 0 Å². The van der Waals surface area contributed by atoms with Gasteiger partial charge in [0.05, 0.1) is 11.7 Å². The van der Waals surface area contributed by atoms with Crippen molar-refractivity contribution in [3.63, 3.8) is 0 Å². The molecule has 0 saturated carbocycles. The van der Waals surface area contributed by atoms with Crippen molar-refractivity contribution >= 4 is 0 Å². The number of hydrogen-bond acceptors (Lipinski definition) is 5. The highest BCUT2D eigenvalue weighted by Crippen LogP contribution is 2.32. The van der Waals surface area contributed by atoms with Crippen molar-refractivity contribution in [2.75, 3.05) is 34.2 Å². The van der Waals surface area contributed by atoms with Crippen LogP contribution in [0.25, 0.3) is 0 Å². The van der Waals surface area contributed by atoms with Crippen LogP contribution in [-0.4, -0.2) is 55.1 Å². The number of fused-ring (bicyclic) bond motifs is 2. The Labute approximate surface area is 187 Å². The van der Waals surface area contributed by atoms with Crippen LogP contribution in [0.1, 0.15) is 46.8 Å². The minimum atomic E-state index is 0.430. The van der Waals surface area contributed by atoms with Crippen LogP contribution in [0, 0.1) is 0 Å². The van der Waals surface area contributed by atoms with E-state index in [0.29, 0.717) is 12.1 Å². The molecule has 1 aromatic heterocycles. The van der Waals surface area contributed by atoms with Gasteiger partial charge in [0.1, 0.15) is 0 Å². The van der Waals surface area contributed by atoms with Gasteiger partial charge in [-0.25, -0.2) is 0 Å². The van der Waals surface area contributed by atoms with E-state index < -0.39 is 0 Å². The number of hydrogen-bond donors (Lipinski definition) is 2. The van der Waals surface area contributed by atoms with E-state index in [2.05, 4.69) is 78.5 Å². The molecule has 5 heteroatoms. The first-order chi connectivity index (χ1) is 15.0. The van der Waals surface area contributed by atoms with Gasteiger partial charge in [-0.3, -0.25) is 9.88 Å². The first-order valence-electron chi connectivity index (χ1n) is 11.5. The Kier molecular flexibility index (Phi) is 7.06. The van der Waals surface area contributed by atoms with E-state index in [1.807, 2.05) is 6.20 Å². The maximum atomic E-state index is 4.74. The highest BCUT2D eigenvalue weighted by molar-refractivity contribution is 5.38. The second-order valence-electron chi connectivity index (χ2n) is 9.43. The summed E-state index contributed by atoms with van der Waals surface area (Å²) in [5.41, 5.74) is 8.12. The Morgan fingerprint density at radius 1 is 1.19 bits per heavy atom. The van der Waals surface area contributed by atoms with Crippen LogP contribution in [0.5, 0.6) is 0 Å². The van der Waals surface area contributed by atoms with Gasteiger partial charge >= 0.3 is 0 Å². The number of aromatic nitrogens is 1. The molecule has 4 rings (SSSR count). The zero-order chi connectivity index (χ0) is 21.8. The van der Waals surface area contributed by atoms with Crippen LogP contribution >= 0.6 is 0 Å². The minimum Gasteiger partial charge on any atom is -0.384 e. The number of rotatable bonds is 8. The summed E-state index contributed by atoms with van der Waals surface area (Å²) in [5.74, 6) is 0. The van der Waals surface area contributed by atoms with Gasteiger partial charge in [0, 0.05) is 44.1 Å². The molecule has 0 fully saturated rings. The van der Waals surface area contributed by atoms with Crippen molar-refractivity contribution < 1.29 is 0 Å². The maximum absolute atomic E-state index is 4.74. The zero-order valence-corrected chi connectivity index (χ0v) is 19.3. The molecule has 1 aliphatic heterocycles. The topological polar surface area (TPSA) is 43.4 Å². The number of nitrogens with zero attached hydrogens (tertiary/aromatic N) is 3. The van der Waals surface area contributed by atoms with Gasteiger partial charge < -0.3 is 15.5 Å². The third kappa shape index (κ3) is 5.35. The lowest BCUT2D eigenvalue weighted by Gasteiger charge is -2.36. The normalized spacial score (nSPS) is 20.4. The third-order valence-electron chi connectivity index (χ3n) is 6.64. The molecule has 0 bridgehead atoms. The Bertz CT molecular complexity index is 906. The minimum absolute atomic E-state index is 0.430. The molecule has 1 aliphatic carbocycles. The Hall–Kier alpha value is -2.21. The second-order valence-corrected chi connectivity index (χ2v) is 9.43. The summed E-state index contributed by atoms with van der Waals surface area (Å²) in [6, 6.07) is 11.9. The highest BCUT2D eigenvalue weighted by atomic mass is 15.2. The van der Waals surface area contributed by atoms with Crippen molar-refractivity contribution in [1.82, 2.24) is 25.4 Å². The summed E-state index contributed by atoms with van der Waals surface area (Å²) < 4.78 is 0. The average molecular weight is 420 g/mol. The Balaban J connectivity index is 1.41. The molecule has 0 spiro atoms. The van der Waals surface area contributed by atoms with Gasteiger partial charge in [-0.15, -0.1) is 0 Å². The molecule has 31 heavy (non-hydrogen) atoms. The molecule has 2 heterocycles. The van der Waals surface area contributed by atoms with E-state index in [9.17, 15) is 0 Å². The molecular weight excluding hydrogens is 382 g/mol. The second kappa shape index (κ2) is 9.94. The molecule has 2 atom stereocenters. The van der Waals surface area contributed by atoms with Gasteiger partial charge in [-0.2, -0.15) is 0 Å². The van der Waals surface area contributed by atoms with Gasteiger partial charge in [-0.1, -0.05) is 30.8 Å². The summed E-state index contributed by atoms with van der Waals surface area (Å²) >= 11 is 0. The van der Waals surface area contributed by atoms with Gasteiger partial charge in [-0.05, 0) is 75.1 Å². The zero-order valence-electron chi connectivity index (χ0n) is 19.3. The van der Waals surface area contributed by atoms with Crippen LogP contribution < -0.4 is 10.6 Å². The molecule has 1 aromatic carbocycles. The predicted octanol–water partition coefficient (Wildman–Crippen LogP) is 3.27. The number of pyridine rings is 1. The lowest BCUT2D eigenvalue weighted by Crippen LogP contribution is -2.45. The lowest BCUT2D eigenvalue weighted by atomic mass is 9.89. The highest BCUT2D eigenvalue weighted by Gasteiger charge is 2.28. The molecular formula is C26H37N5. The van der Waals surface area contributed by atoms with E-state index in [4.69, 9.17) is 4.98 Å². The van der Waals surface area contributed by atoms with Crippen LogP contribution in [-0.2, 0) is 25.9 Å². The van der Waals surface area contributed by atoms with Crippen molar-refractivity contribution in [2.45, 2.75) is 50.9 Å². The summed E-state index contributed by atoms with van der Waals surface area (Å²) in [7, 11) is 6.42. The van der Waals surface area contributed by atoms with Crippen LogP contribution in [0.4, 0.5) is 0 Å². The van der Waals surface area contributed by atoms with Crippen LogP contribution in [0.3, 0.4) is 0 Å². The molecule has 0 saturated heterocycles. The molecule has 2 N–H and O–H groups in total. The smallest absolute Gasteiger partial charge is 0.0607 e. The summed E-state index contributed by atoms with van der Waals surface area (Å²) in [5, 5.41) is 7.30. The quantitative estimate of drug-likeness (QED) is 0.688. The fraction of sp³-hybridized carbons (Fsp3) is 0.500. The number of benzene rings is 1. The summed E-state index contributed by atoms with van der Waals surface area (Å²) in [6.45, 7) is 7.86. The molecule has 2 aliphatic rings. The SMILES string of the molecule is C=C(CN(C)C)NCc1cccc2c1C[C@@H](CN(C)[C@H]1CCCc3cccnc31)NC2. The maximum Gasteiger partial charge on any atom is 0.0607 e. The van der Waals surface area contributed by atoms with Gasteiger partial charge in [0.2, 0.25) is 0 Å². The van der Waals surface area contributed by atoms with E-state index in [0.717, 1.165) is 44.7 Å². The standard InChI is InChI=1S/C26H37N5/c1-19(17-30(2)3)28-15-21-9-5-10-22-16-29-23(14-24(21)22)18-31(4)25-12-6-8-20-11-7-13-27-26(20)25/h5,7,9-11,13,23,25,28-29H,1,6,8,12,14-18H2,2-4H3/t23-,25-/m0/s1. The van der Waals surface area contributed by atoms with E-state index in [-0.39, 0.29) is 0 Å². The Morgan fingerprint density at radius 3 is 2.87 bits per heavy atom. The largest absolute Gasteiger partial charge is 0.384 e. The number of aryl methyl sites for hydroxylation is 1. The van der Waals surface area contributed by atoms with Gasteiger partial charge in [0.15, 0.2) is 0 Å². The van der Waals surface area contributed by atoms with Crippen molar-refractivity contribution in [3.8, 4) is 0 Å². The van der Waals surface area contributed by atoms with Crippen LogP contribution in [0.2, 0.25) is 0 Å². The first-order valence-corrected chi connectivity index (χ1v) is 11.5. The fourth-order valence-electron chi connectivity index (χ4n) is 5.13. The average Bonchev–Trinajstić information content (AvgIpc) is 2.76. The van der Waals surface area contributed by atoms with Crippen molar-refractivity contribution in [2.24, 2.45) is 0 Å². The Morgan fingerprint density at radius 2 is 2.03 bits per heavy atom. The fourth-order valence-corrected chi connectivity index (χ4v) is 5.13. The van der Waals surface area contributed by atoms with E-state index >= 15 is 0 Å². The molecule has 0 amide bonds. The third-order valence-corrected chi connectivity index (χ3v) is 6.64. The molecule has 2 aromatic rings. The van der Waals surface area contributed by atoms with Crippen molar-refractivity contribution in [3.05, 3.63) is 76.8 Å². The molecule has 0 unspecified atom stereocenters. The van der Waals surface area contributed by atoms with E-state index in [1.54, 1.807) is 0 Å². The molecule has 5 nitrogen and oxygen atoms in total. The summed E-state index contributed by atoms with van der Waals surface area (Å²) in [6.07, 6.45) is 6.63. The van der Waals surface area contributed by atoms with Crippen molar-refractivity contribution in [1.29, 1.82) is 0 Å². The van der Waals surface area contributed by atoms with Crippen LogP contribution in [0.15, 0.2) is 48.8 Å². The predicted molar refractivity (Wildman–Crippen MR) is 128 cm³/mol. The molecule has 166 valence electrons. The summed E-state index contributed by atoms with van der Waals surface area (Å²) in [4.78, 5) is 9.41. The van der Waals surface area contributed by atoms with E-state index in [1.165, 1.54) is 40.8 Å². The first kappa shape index (κ1) is 22.0.